The van der Waals surface area contributed by atoms with Gasteiger partial charge in [-0.05, 0) is 62.6 Å². The Morgan fingerprint density at radius 3 is 2.00 bits per heavy atom. The van der Waals surface area contributed by atoms with E-state index in [9.17, 15) is 9.59 Å². The van der Waals surface area contributed by atoms with Gasteiger partial charge in [0, 0.05) is 17.8 Å². The van der Waals surface area contributed by atoms with Crippen LogP contribution in [0.15, 0.2) is 36.4 Å². The zero-order valence-corrected chi connectivity index (χ0v) is 22.9. The van der Waals surface area contributed by atoms with Crippen LogP contribution in [0.4, 0.5) is 0 Å². The van der Waals surface area contributed by atoms with E-state index in [4.69, 9.17) is 46.4 Å². The first-order valence-corrected chi connectivity index (χ1v) is 13.1. The number of hydrogen-bond donors (Lipinski definition) is 1. The van der Waals surface area contributed by atoms with Gasteiger partial charge in [0.15, 0.2) is 0 Å². The molecule has 0 heterocycles. The van der Waals surface area contributed by atoms with Crippen LogP contribution >= 0.6 is 58.2 Å². The van der Waals surface area contributed by atoms with Gasteiger partial charge in [-0.3, -0.25) is 9.59 Å². The highest BCUT2D eigenvalue weighted by atomic mass is 35.5. The highest BCUT2D eigenvalue weighted by Crippen LogP contribution is 2.26. The quantitative estimate of drug-likeness (QED) is 0.358. The molecule has 2 rings (SSSR count). The Labute approximate surface area is 220 Å². The number of halogens is 4. The normalized spacial score (nSPS) is 12.4. The molecular weight excluding hydrogens is 522 g/mol. The van der Waals surface area contributed by atoms with Gasteiger partial charge < -0.3 is 10.2 Å². The fourth-order valence-electron chi connectivity index (χ4n) is 3.18. The molecule has 180 valence electrons. The molecule has 0 bridgehead atoms. The lowest BCUT2D eigenvalue weighted by Crippen LogP contribution is -2.53. The molecule has 2 amide bonds. The summed E-state index contributed by atoms with van der Waals surface area (Å²) in [6.45, 7) is 7.88. The first kappa shape index (κ1) is 28.1. The van der Waals surface area contributed by atoms with Gasteiger partial charge in [0.05, 0.1) is 25.8 Å². The van der Waals surface area contributed by atoms with Crippen LogP contribution in [-0.2, 0) is 21.9 Å². The Bertz CT molecular complexity index is 995. The second-order valence-corrected chi connectivity index (χ2v) is 11.3. The largest absolute Gasteiger partial charge is 0.350 e. The monoisotopic (exact) mass is 548 g/mol. The minimum Gasteiger partial charge on any atom is -0.350 e. The van der Waals surface area contributed by atoms with Crippen molar-refractivity contribution in [1.29, 1.82) is 0 Å². The van der Waals surface area contributed by atoms with E-state index in [1.165, 1.54) is 11.8 Å². The van der Waals surface area contributed by atoms with Crippen molar-refractivity contribution in [3.63, 3.8) is 0 Å². The smallest absolute Gasteiger partial charge is 0.243 e. The molecule has 1 N–H and O–H groups in total. The summed E-state index contributed by atoms with van der Waals surface area (Å²) in [5.74, 6) is 0.477. The summed E-state index contributed by atoms with van der Waals surface area (Å²) in [7, 11) is 0. The average molecular weight is 550 g/mol. The molecule has 2 aromatic rings. The number of rotatable bonds is 9. The van der Waals surface area contributed by atoms with Gasteiger partial charge in [-0.1, -0.05) is 65.5 Å². The Hall–Kier alpha value is -1.11. The van der Waals surface area contributed by atoms with Gasteiger partial charge >= 0.3 is 0 Å². The molecule has 2 aromatic carbocycles. The standard InChI is InChI=1S/C24H28Cl4N2O2S/c1-5-21(23(32)29-24(2,3)4)30(12-15-6-8-17(25)19(27)10-15)22(31)14-33-13-16-7-9-18(26)20(28)11-16/h6-11,21H,5,12-14H2,1-4H3,(H,29,32)/t21-/m0/s1. The molecule has 0 spiro atoms. The molecule has 4 nitrogen and oxygen atoms in total. The van der Waals surface area contributed by atoms with Crippen molar-refractivity contribution in [3.8, 4) is 0 Å². The molecule has 9 heteroatoms. The zero-order valence-electron chi connectivity index (χ0n) is 19.1. The maximum absolute atomic E-state index is 13.3. The number of amides is 2. The van der Waals surface area contributed by atoms with Gasteiger partial charge in [0.2, 0.25) is 11.8 Å². The number of carbonyl (C=O) groups is 2. The molecular formula is C24H28Cl4N2O2S. The molecule has 0 fully saturated rings. The van der Waals surface area contributed by atoms with E-state index in [2.05, 4.69) is 5.32 Å². The number of nitrogens with zero attached hydrogens (tertiary/aromatic N) is 1. The maximum Gasteiger partial charge on any atom is 0.243 e. The molecule has 0 saturated heterocycles. The van der Waals surface area contributed by atoms with Crippen molar-refractivity contribution < 1.29 is 9.59 Å². The predicted molar refractivity (Wildman–Crippen MR) is 142 cm³/mol. The minimum absolute atomic E-state index is 0.137. The molecule has 0 unspecified atom stereocenters. The van der Waals surface area contributed by atoms with E-state index in [1.807, 2.05) is 39.8 Å². The summed E-state index contributed by atoms with van der Waals surface area (Å²) < 4.78 is 0. The van der Waals surface area contributed by atoms with Crippen LogP contribution in [0.1, 0.15) is 45.2 Å². The molecule has 0 saturated carbocycles. The molecule has 0 aliphatic rings. The molecule has 0 radical (unpaired) electrons. The third-order valence-corrected chi connectivity index (χ3v) is 7.17. The predicted octanol–water partition coefficient (Wildman–Crippen LogP) is 7.26. The summed E-state index contributed by atoms with van der Waals surface area (Å²) in [6, 6.07) is 10.0. The van der Waals surface area contributed by atoms with E-state index in [-0.39, 0.29) is 24.1 Å². The number of thioether (sulfide) groups is 1. The van der Waals surface area contributed by atoms with Crippen molar-refractivity contribution in [1.82, 2.24) is 10.2 Å². The summed E-state index contributed by atoms with van der Waals surface area (Å²) in [5.41, 5.74) is 1.36. The van der Waals surface area contributed by atoms with Gasteiger partial charge in [-0.25, -0.2) is 0 Å². The van der Waals surface area contributed by atoms with E-state index in [0.29, 0.717) is 32.3 Å². The summed E-state index contributed by atoms with van der Waals surface area (Å²) in [6.07, 6.45) is 0.479. The maximum atomic E-state index is 13.3. The average Bonchev–Trinajstić information content (AvgIpc) is 2.71. The van der Waals surface area contributed by atoms with Gasteiger partial charge in [0.25, 0.3) is 0 Å². The fourth-order valence-corrected chi connectivity index (χ4v) is 4.67. The molecule has 0 aliphatic carbocycles. The van der Waals surface area contributed by atoms with Crippen LogP contribution < -0.4 is 5.32 Å². The van der Waals surface area contributed by atoms with Crippen LogP contribution in [0.25, 0.3) is 0 Å². The van der Waals surface area contributed by atoms with E-state index in [0.717, 1.165) is 11.1 Å². The summed E-state index contributed by atoms with van der Waals surface area (Å²) in [4.78, 5) is 27.9. The first-order chi connectivity index (χ1) is 15.4. The van der Waals surface area contributed by atoms with Crippen LogP contribution in [0.3, 0.4) is 0 Å². The third kappa shape index (κ3) is 8.88. The van der Waals surface area contributed by atoms with Crippen LogP contribution in [0.5, 0.6) is 0 Å². The van der Waals surface area contributed by atoms with Gasteiger partial charge in [0.1, 0.15) is 6.04 Å². The van der Waals surface area contributed by atoms with Crippen molar-refractivity contribution in [2.75, 3.05) is 5.75 Å². The van der Waals surface area contributed by atoms with Crippen molar-refractivity contribution >= 4 is 70.0 Å². The number of benzene rings is 2. The van der Waals surface area contributed by atoms with E-state index < -0.39 is 11.6 Å². The summed E-state index contributed by atoms with van der Waals surface area (Å²) >= 11 is 25.7. The zero-order chi connectivity index (χ0) is 24.8. The second kappa shape index (κ2) is 12.6. The third-order valence-electron chi connectivity index (χ3n) is 4.70. The Balaban J connectivity index is 2.19. The topological polar surface area (TPSA) is 49.4 Å². The van der Waals surface area contributed by atoms with Crippen molar-refractivity contribution in [2.24, 2.45) is 0 Å². The second-order valence-electron chi connectivity index (χ2n) is 8.67. The van der Waals surface area contributed by atoms with Crippen LogP contribution in [0.2, 0.25) is 20.1 Å². The number of carbonyl (C=O) groups excluding carboxylic acids is 2. The highest BCUT2D eigenvalue weighted by Gasteiger charge is 2.30. The lowest BCUT2D eigenvalue weighted by atomic mass is 10.1. The molecule has 1 atom stereocenters. The molecule has 33 heavy (non-hydrogen) atoms. The Morgan fingerprint density at radius 2 is 1.48 bits per heavy atom. The SMILES string of the molecule is CC[C@@H](C(=O)NC(C)(C)C)N(Cc1ccc(Cl)c(Cl)c1)C(=O)CSCc1ccc(Cl)c(Cl)c1. The lowest BCUT2D eigenvalue weighted by Gasteiger charge is -2.33. The Kier molecular flexibility index (Phi) is 10.7. The van der Waals surface area contributed by atoms with Crippen LogP contribution in [0, 0.1) is 0 Å². The number of hydrogen-bond acceptors (Lipinski definition) is 3. The van der Waals surface area contributed by atoms with E-state index in [1.54, 1.807) is 29.2 Å². The first-order valence-electron chi connectivity index (χ1n) is 10.5. The van der Waals surface area contributed by atoms with E-state index >= 15 is 0 Å². The molecule has 0 aromatic heterocycles. The van der Waals surface area contributed by atoms with Crippen LogP contribution in [-0.4, -0.2) is 34.0 Å². The van der Waals surface area contributed by atoms with Crippen molar-refractivity contribution in [2.45, 2.75) is 58.0 Å². The fraction of sp³-hybridized carbons (Fsp3) is 0.417. The summed E-state index contributed by atoms with van der Waals surface area (Å²) in [5, 5.41) is 4.80. The lowest BCUT2D eigenvalue weighted by molar-refractivity contribution is -0.140. The highest BCUT2D eigenvalue weighted by molar-refractivity contribution is 7.99. The van der Waals surface area contributed by atoms with Gasteiger partial charge in [-0.2, -0.15) is 0 Å². The van der Waals surface area contributed by atoms with Gasteiger partial charge in [-0.15, -0.1) is 11.8 Å². The number of nitrogens with one attached hydrogen (secondary N) is 1. The van der Waals surface area contributed by atoms with Crippen molar-refractivity contribution in [3.05, 3.63) is 67.6 Å². The Morgan fingerprint density at radius 1 is 0.939 bits per heavy atom. The molecule has 0 aliphatic heterocycles. The minimum atomic E-state index is -0.614.